The van der Waals surface area contributed by atoms with Crippen molar-refractivity contribution in [3.05, 3.63) is 42.2 Å². The summed E-state index contributed by atoms with van der Waals surface area (Å²) in [6.45, 7) is 5.02. The zero-order valence-electron chi connectivity index (χ0n) is 16.5. The summed E-state index contributed by atoms with van der Waals surface area (Å²) in [7, 11) is 0. The second-order valence-corrected chi connectivity index (χ2v) is 8.18. The number of nitrogen functional groups attached to an aromatic ring is 2. The lowest BCUT2D eigenvalue weighted by Gasteiger charge is -2.28. The third-order valence-electron chi connectivity index (χ3n) is 5.14. The number of nitrogens with zero attached hydrogens (tertiary/aromatic N) is 5. The van der Waals surface area contributed by atoms with Gasteiger partial charge < -0.3 is 21.1 Å². The molecule has 1 aliphatic rings. The quantitative estimate of drug-likeness (QED) is 0.487. The van der Waals surface area contributed by atoms with Crippen molar-refractivity contribution in [2.75, 3.05) is 42.7 Å². The van der Waals surface area contributed by atoms with Gasteiger partial charge in [0, 0.05) is 36.0 Å². The lowest BCUT2D eigenvalue weighted by Crippen LogP contribution is -2.36. The molecule has 0 atom stereocenters. The summed E-state index contributed by atoms with van der Waals surface area (Å²) >= 11 is 1.70. The number of rotatable bonds is 3. The number of aryl methyl sites for hydroxylation is 1. The van der Waals surface area contributed by atoms with Gasteiger partial charge in [-0.05, 0) is 30.2 Å². The minimum Gasteiger partial charge on any atom is -0.399 e. The van der Waals surface area contributed by atoms with Crippen LogP contribution in [-0.4, -0.2) is 46.2 Å². The molecule has 0 radical (unpaired) electrons. The standard InChI is InChI=1S/C21H21N7OS/c1-12-16-18(30-17(12)13-3-2-4-15(22)9-13)20(28-5-7-29-8-6-28)27-19(26-16)14-10-24-21(23)25-11-14/h2-4,9-11H,5-8,22H2,1H3,(H2,23,24,25). The Labute approximate surface area is 177 Å². The van der Waals surface area contributed by atoms with Gasteiger partial charge >= 0.3 is 0 Å². The Kier molecular flexibility index (Phi) is 4.68. The van der Waals surface area contributed by atoms with E-state index in [0.29, 0.717) is 19.0 Å². The number of thiophene rings is 1. The summed E-state index contributed by atoms with van der Waals surface area (Å²) < 4.78 is 6.61. The van der Waals surface area contributed by atoms with E-state index < -0.39 is 0 Å². The molecular formula is C21H21N7OS. The first kappa shape index (κ1) is 18.7. The van der Waals surface area contributed by atoms with Crippen molar-refractivity contribution in [3.63, 3.8) is 0 Å². The Morgan fingerprint density at radius 2 is 1.80 bits per heavy atom. The number of hydrogen-bond acceptors (Lipinski definition) is 9. The summed E-state index contributed by atoms with van der Waals surface area (Å²) in [5.41, 5.74) is 16.3. The summed E-state index contributed by atoms with van der Waals surface area (Å²) in [6, 6.07) is 7.93. The molecule has 0 saturated carbocycles. The fraction of sp³-hybridized carbons (Fsp3) is 0.238. The number of anilines is 3. The van der Waals surface area contributed by atoms with E-state index in [2.05, 4.69) is 27.9 Å². The van der Waals surface area contributed by atoms with Gasteiger partial charge in [-0.2, -0.15) is 0 Å². The molecule has 4 heterocycles. The normalized spacial score (nSPS) is 14.4. The predicted molar refractivity (Wildman–Crippen MR) is 120 cm³/mol. The van der Waals surface area contributed by atoms with Gasteiger partial charge in [0.1, 0.15) is 0 Å². The molecule has 1 aliphatic heterocycles. The lowest BCUT2D eigenvalue weighted by molar-refractivity contribution is 0.122. The molecule has 30 heavy (non-hydrogen) atoms. The molecule has 1 aromatic carbocycles. The molecule has 0 unspecified atom stereocenters. The minimum absolute atomic E-state index is 0.226. The first-order valence-corrected chi connectivity index (χ1v) is 10.5. The smallest absolute Gasteiger partial charge is 0.219 e. The van der Waals surface area contributed by atoms with Gasteiger partial charge in [0.15, 0.2) is 11.6 Å². The molecule has 0 aliphatic carbocycles. The van der Waals surface area contributed by atoms with Crippen molar-refractivity contribution in [3.8, 4) is 21.8 Å². The SMILES string of the molecule is Cc1c(-c2cccc(N)c2)sc2c(N3CCOCC3)nc(-c3cnc(N)nc3)nc12. The van der Waals surface area contributed by atoms with Crippen molar-refractivity contribution in [2.24, 2.45) is 0 Å². The second kappa shape index (κ2) is 7.51. The Morgan fingerprint density at radius 1 is 1.03 bits per heavy atom. The first-order valence-electron chi connectivity index (χ1n) is 9.68. The van der Waals surface area contributed by atoms with E-state index in [1.54, 1.807) is 23.7 Å². The van der Waals surface area contributed by atoms with Gasteiger partial charge in [0.25, 0.3) is 0 Å². The van der Waals surface area contributed by atoms with Crippen LogP contribution in [0.5, 0.6) is 0 Å². The number of morpholine rings is 1. The highest BCUT2D eigenvalue weighted by Crippen LogP contribution is 2.42. The van der Waals surface area contributed by atoms with Gasteiger partial charge in [0.2, 0.25) is 5.95 Å². The van der Waals surface area contributed by atoms with Crippen molar-refractivity contribution in [2.45, 2.75) is 6.92 Å². The minimum atomic E-state index is 0.226. The monoisotopic (exact) mass is 419 g/mol. The molecule has 4 N–H and O–H groups in total. The molecule has 0 spiro atoms. The van der Waals surface area contributed by atoms with E-state index in [1.807, 2.05) is 18.2 Å². The molecule has 5 rings (SSSR count). The van der Waals surface area contributed by atoms with E-state index in [9.17, 15) is 0 Å². The highest BCUT2D eigenvalue weighted by atomic mass is 32.1. The Morgan fingerprint density at radius 3 is 2.53 bits per heavy atom. The van der Waals surface area contributed by atoms with Crippen LogP contribution in [0.2, 0.25) is 0 Å². The van der Waals surface area contributed by atoms with Crippen molar-refractivity contribution >= 4 is 39.0 Å². The van der Waals surface area contributed by atoms with Crippen LogP contribution in [0.4, 0.5) is 17.5 Å². The van der Waals surface area contributed by atoms with Crippen LogP contribution in [-0.2, 0) is 4.74 Å². The average Bonchev–Trinajstić information content (AvgIpc) is 3.11. The van der Waals surface area contributed by atoms with Crippen LogP contribution < -0.4 is 16.4 Å². The van der Waals surface area contributed by atoms with Gasteiger partial charge in [-0.3, -0.25) is 0 Å². The maximum absolute atomic E-state index is 6.03. The van der Waals surface area contributed by atoms with E-state index in [1.165, 1.54) is 0 Å². The van der Waals surface area contributed by atoms with Crippen molar-refractivity contribution in [1.29, 1.82) is 0 Å². The van der Waals surface area contributed by atoms with Crippen LogP contribution in [0.25, 0.3) is 32.0 Å². The van der Waals surface area contributed by atoms with Crippen LogP contribution in [0.1, 0.15) is 5.56 Å². The largest absolute Gasteiger partial charge is 0.399 e. The van der Waals surface area contributed by atoms with Gasteiger partial charge in [0.05, 0.1) is 29.0 Å². The van der Waals surface area contributed by atoms with Crippen LogP contribution in [0.15, 0.2) is 36.7 Å². The highest BCUT2D eigenvalue weighted by Gasteiger charge is 2.23. The number of aromatic nitrogens is 4. The molecule has 1 fully saturated rings. The van der Waals surface area contributed by atoms with Crippen molar-refractivity contribution < 1.29 is 4.74 Å². The summed E-state index contributed by atoms with van der Waals surface area (Å²) in [4.78, 5) is 21.4. The van der Waals surface area contributed by atoms with Gasteiger partial charge in [-0.25, -0.2) is 19.9 Å². The van der Waals surface area contributed by atoms with Crippen LogP contribution in [0, 0.1) is 6.92 Å². The number of nitrogens with two attached hydrogens (primary N) is 2. The molecular weight excluding hydrogens is 398 g/mol. The first-order chi connectivity index (χ1) is 14.6. The molecule has 1 saturated heterocycles. The van der Waals surface area contributed by atoms with E-state index in [-0.39, 0.29) is 5.95 Å². The molecule has 4 aromatic rings. The summed E-state index contributed by atoms with van der Waals surface area (Å²) in [5.74, 6) is 1.73. The fourth-order valence-corrected chi connectivity index (χ4v) is 4.86. The lowest BCUT2D eigenvalue weighted by atomic mass is 10.1. The van der Waals surface area contributed by atoms with Gasteiger partial charge in [-0.1, -0.05) is 12.1 Å². The zero-order valence-corrected chi connectivity index (χ0v) is 17.3. The number of hydrogen-bond donors (Lipinski definition) is 2. The zero-order chi connectivity index (χ0) is 20.7. The van der Waals surface area contributed by atoms with Gasteiger partial charge in [-0.15, -0.1) is 11.3 Å². The fourth-order valence-electron chi connectivity index (χ4n) is 3.60. The molecule has 0 amide bonds. The second-order valence-electron chi connectivity index (χ2n) is 7.16. The summed E-state index contributed by atoms with van der Waals surface area (Å²) in [6.07, 6.45) is 3.32. The molecule has 0 bridgehead atoms. The molecule has 9 heteroatoms. The maximum Gasteiger partial charge on any atom is 0.219 e. The van der Waals surface area contributed by atoms with Crippen molar-refractivity contribution in [1.82, 2.24) is 19.9 Å². The highest BCUT2D eigenvalue weighted by molar-refractivity contribution is 7.23. The molecule has 3 aromatic heterocycles. The third-order valence-corrected chi connectivity index (χ3v) is 6.46. The van der Waals surface area contributed by atoms with Crippen LogP contribution in [0.3, 0.4) is 0 Å². The number of benzene rings is 1. The third kappa shape index (κ3) is 3.31. The van der Waals surface area contributed by atoms with Crippen LogP contribution >= 0.6 is 11.3 Å². The van der Waals surface area contributed by atoms with E-state index >= 15 is 0 Å². The van der Waals surface area contributed by atoms with E-state index in [4.69, 9.17) is 26.2 Å². The average molecular weight is 420 g/mol. The Hall–Kier alpha value is -3.30. The Bertz CT molecular complexity index is 1220. The van der Waals surface area contributed by atoms with E-state index in [0.717, 1.165) is 56.4 Å². The topological polar surface area (TPSA) is 116 Å². The molecule has 152 valence electrons. The predicted octanol–water partition coefficient (Wildman–Crippen LogP) is 3.12. The Balaban J connectivity index is 1.73. The molecule has 8 nitrogen and oxygen atoms in total. The summed E-state index contributed by atoms with van der Waals surface area (Å²) in [5, 5.41) is 0. The maximum atomic E-state index is 6.03. The number of fused-ring (bicyclic) bond motifs is 1. The number of ether oxygens (including phenoxy) is 1.